The molecule has 1 aromatic heterocycles. The zero-order valence-corrected chi connectivity index (χ0v) is 10.1. The Balaban J connectivity index is 2.74. The van der Waals surface area contributed by atoms with Crippen LogP contribution in [0.25, 0.3) is 0 Å². The standard InChI is InChI=1S/C13H21FN2/c1-3-5-6-10(4-2)13(15)11-7-8-16-9-12(11)14/h7-10,13H,3-6,15H2,1-2H3. The fraction of sp³-hybridized carbons (Fsp3) is 0.615. The van der Waals surface area contributed by atoms with E-state index in [1.165, 1.54) is 6.20 Å². The van der Waals surface area contributed by atoms with Crippen molar-refractivity contribution < 1.29 is 4.39 Å². The van der Waals surface area contributed by atoms with Crippen molar-refractivity contribution in [2.24, 2.45) is 11.7 Å². The molecule has 2 nitrogen and oxygen atoms in total. The minimum absolute atomic E-state index is 0.209. The van der Waals surface area contributed by atoms with E-state index in [9.17, 15) is 4.39 Å². The average molecular weight is 224 g/mol. The second kappa shape index (κ2) is 6.59. The molecule has 1 heterocycles. The first-order chi connectivity index (χ1) is 7.70. The molecular formula is C13H21FN2. The number of aromatic nitrogens is 1. The fourth-order valence-electron chi connectivity index (χ4n) is 2.01. The summed E-state index contributed by atoms with van der Waals surface area (Å²) in [7, 11) is 0. The summed E-state index contributed by atoms with van der Waals surface area (Å²) in [5.74, 6) is 0.0711. The van der Waals surface area contributed by atoms with Crippen LogP contribution in [0.15, 0.2) is 18.5 Å². The minimum atomic E-state index is -0.287. The maximum absolute atomic E-state index is 13.5. The van der Waals surface area contributed by atoms with Gasteiger partial charge in [-0.15, -0.1) is 0 Å². The van der Waals surface area contributed by atoms with Gasteiger partial charge in [0.05, 0.1) is 6.20 Å². The lowest BCUT2D eigenvalue weighted by atomic mass is 9.88. The Bertz CT molecular complexity index is 315. The number of hydrogen-bond donors (Lipinski definition) is 1. The molecular weight excluding hydrogens is 203 g/mol. The Morgan fingerprint density at radius 3 is 2.75 bits per heavy atom. The molecule has 2 N–H and O–H groups in total. The van der Waals surface area contributed by atoms with Crippen molar-refractivity contribution in [3.05, 3.63) is 29.8 Å². The molecule has 0 aliphatic carbocycles. The second-order valence-electron chi connectivity index (χ2n) is 4.23. The molecule has 1 aromatic rings. The Kier molecular flexibility index (Phi) is 5.39. The molecule has 1 rings (SSSR count). The molecule has 0 saturated carbocycles. The summed E-state index contributed by atoms with van der Waals surface area (Å²) in [6.07, 6.45) is 7.20. The zero-order chi connectivity index (χ0) is 12.0. The highest BCUT2D eigenvalue weighted by Gasteiger charge is 2.20. The van der Waals surface area contributed by atoms with E-state index < -0.39 is 0 Å². The van der Waals surface area contributed by atoms with Gasteiger partial charge in [0.15, 0.2) is 0 Å². The van der Waals surface area contributed by atoms with Crippen molar-refractivity contribution in [2.45, 2.75) is 45.6 Å². The molecule has 16 heavy (non-hydrogen) atoms. The van der Waals surface area contributed by atoms with Crippen molar-refractivity contribution in [3.8, 4) is 0 Å². The van der Waals surface area contributed by atoms with E-state index in [0.717, 1.165) is 25.7 Å². The lowest BCUT2D eigenvalue weighted by Crippen LogP contribution is -2.22. The van der Waals surface area contributed by atoms with Crippen LogP contribution in [0.3, 0.4) is 0 Å². The Morgan fingerprint density at radius 2 is 2.19 bits per heavy atom. The quantitative estimate of drug-likeness (QED) is 0.804. The van der Waals surface area contributed by atoms with Crippen LogP contribution in [0.1, 0.15) is 51.1 Å². The number of hydrogen-bond acceptors (Lipinski definition) is 2. The third-order valence-corrected chi connectivity index (χ3v) is 3.12. The van der Waals surface area contributed by atoms with Crippen LogP contribution >= 0.6 is 0 Å². The molecule has 90 valence electrons. The molecule has 0 radical (unpaired) electrons. The smallest absolute Gasteiger partial charge is 0.146 e. The van der Waals surface area contributed by atoms with Gasteiger partial charge in [-0.1, -0.05) is 33.1 Å². The normalized spacial score (nSPS) is 14.8. The van der Waals surface area contributed by atoms with Gasteiger partial charge in [-0.05, 0) is 18.4 Å². The lowest BCUT2D eigenvalue weighted by molar-refractivity contribution is 0.369. The average Bonchev–Trinajstić information content (AvgIpc) is 2.30. The Labute approximate surface area is 97.1 Å². The van der Waals surface area contributed by atoms with Gasteiger partial charge in [-0.2, -0.15) is 0 Å². The number of nitrogens with two attached hydrogens (primary N) is 1. The summed E-state index contributed by atoms with van der Waals surface area (Å²) in [5, 5.41) is 0. The van der Waals surface area contributed by atoms with E-state index >= 15 is 0 Å². The molecule has 0 bridgehead atoms. The van der Waals surface area contributed by atoms with Crippen molar-refractivity contribution in [1.29, 1.82) is 0 Å². The molecule has 0 saturated heterocycles. The summed E-state index contributed by atoms with van der Waals surface area (Å²) in [6, 6.07) is 1.48. The van der Waals surface area contributed by atoms with Crippen molar-refractivity contribution in [3.63, 3.8) is 0 Å². The predicted octanol–water partition coefficient (Wildman–Crippen LogP) is 3.44. The van der Waals surface area contributed by atoms with Gasteiger partial charge in [0, 0.05) is 17.8 Å². The van der Waals surface area contributed by atoms with Gasteiger partial charge in [0.2, 0.25) is 0 Å². The van der Waals surface area contributed by atoms with Crippen LogP contribution in [-0.2, 0) is 0 Å². The molecule has 0 aliphatic heterocycles. The highest BCUT2D eigenvalue weighted by Crippen LogP contribution is 2.27. The molecule has 0 fully saturated rings. The fourth-order valence-corrected chi connectivity index (χ4v) is 2.01. The van der Waals surface area contributed by atoms with Crippen LogP contribution in [-0.4, -0.2) is 4.98 Å². The van der Waals surface area contributed by atoms with E-state index in [-0.39, 0.29) is 11.9 Å². The van der Waals surface area contributed by atoms with Gasteiger partial charge in [0.1, 0.15) is 5.82 Å². The number of rotatable bonds is 6. The molecule has 2 unspecified atom stereocenters. The highest BCUT2D eigenvalue weighted by molar-refractivity contribution is 5.17. The monoisotopic (exact) mass is 224 g/mol. The number of halogens is 1. The SMILES string of the molecule is CCCCC(CC)C(N)c1ccncc1F. The Hall–Kier alpha value is -0.960. The first-order valence-electron chi connectivity index (χ1n) is 6.05. The van der Waals surface area contributed by atoms with Crippen molar-refractivity contribution in [1.82, 2.24) is 4.98 Å². The van der Waals surface area contributed by atoms with Gasteiger partial charge in [0.25, 0.3) is 0 Å². The molecule has 0 aliphatic rings. The van der Waals surface area contributed by atoms with Crippen molar-refractivity contribution in [2.75, 3.05) is 0 Å². The van der Waals surface area contributed by atoms with E-state index in [1.807, 2.05) is 0 Å². The van der Waals surface area contributed by atoms with E-state index in [2.05, 4.69) is 18.8 Å². The summed E-state index contributed by atoms with van der Waals surface area (Å²) in [5.41, 5.74) is 6.72. The summed E-state index contributed by atoms with van der Waals surface area (Å²) >= 11 is 0. The third-order valence-electron chi connectivity index (χ3n) is 3.12. The lowest BCUT2D eigenvalue weighted by Gasteiger charge is -2.23. The first kappa shape index (κ1) is 13.1. The third kappa shape index (κ3) is 3.27. The topological polar surface area (TPSA) is 38.9 Å². The van der Waals surface area contributed by atoms with Gasteiger partial charge >= 0.3 is 0 Å². The first-order valence-corrected chi connectivity index (χ1v) is 6.05. The molecule has 0 amide bonds. The second-order valence-corrected chi connectivity index (χ2v) is 4.23. The largest absolute Gasteiger partial charge is 0.324 e. The van der Waals surface area contributed by atoms with E-state index in [4.69, 9.17) is 5.73 Å². The van der Waals surface area contributed by atoms with Crippen LogP contribution in [0, 0.1) is 11.7 Å². The number of unbranched alkanes of at least 4 members (excludes halogenated alkanes) is 1. The summed E-state index contributed by atoms with van der Waals surface area (Å²) in [6.45, 7) is 4.27. The maximum atomic E-state index is 13.5. The van der Waals surface area contributed by atoms with Crippen LogP contribution in [0.4, 0.5) is 4.39 Å². The van der Waals surface area contributed by atoms with Crippen LogP contribution in [0.5, 0.6) is 0 Å². The maximum Gasteiger partial charge on any atom is 0.146 e. The molecule has 0 aromatic carbocycles. The molecule has 2 atom stereocenters. The zero-order valence-electron chi connectivity index (χ0n) is 10.1. The van der Waals surface area contributed by atoms with Gasteiger partial charge in [-0.25, -0.2) is 4.39 Å². The van der Waals surface area contributed by atoms with Crippen LogP contribution < -0.4 is 5.73 Å². The number of pyridine rings is 1. The van der Waals surface area contributed by atoms with E-state index in [1.54, 1.807) is 12.3 Å². The highest BCUT2D eigenvalue weighted by atomic mass is 19.1. The Morgan fingerprint density at radius 1 is 1.44 bits per heavy atom. The van der Waals surface area contributed by atoms with Gasteiger partial charge in [-0.3, -0.25) is 4.98 Å². The number of nitrogens with zero attached hydrogens (tertiary/aromatic N) is 1. The van der Waals surface area contributed by atoms with Gasteiger partial charge < -0.3 is 5.73 Å². The predicted molar refractivity (Wildman–Crippen MR) is 64.4 cm³/mol. The summed E-state index contributed by atoms with van der Waals surface area (Å²) in [4.78, 5) is 3.74. The minimum Gasteiger partial charge on any atom is -0.324 e. The molecule has 3 heteroatoms. The molecule has 0 spiro atoms. The van der Waals surface area contributed by atoms with E-state index in [0.29, 0.717) is 11.5 Å². The van der Waals surface area contributed by atoms with Crippen LogP contribution in [0.2, 0.25) is 0 Å². The summed E-state index contributed by atoms with van der Waals surface area (Å²) < 4.78 is 13.5. The van der Waals surface area contributed by atoms with Crippen molar-refractivity contribution >= 4 is 0 Å².